The number of halogens is 1. The molecule has 0 aliphatic carbocycles. The van der Waals surface area contributed by atoms with Gasteiger partial charge < -0.3 is 9.42 Å². The van der Waals surface area contributed by atoms with Gasteiger partial charge in [-0.1, -0.05) is 53.2 Å². The Bertz CT molecular complexity index is 785. The van der Waals surface area contributed by atoms with E-state index in [2.05, 4.69) is 40.4 Å². The average molecular weight is 311 g/mol. The van der Waals surface area contributed by atoms with Crippen molar-refractivity contribution in [1.82, 2.24) is 5.16 Å². The van der Waals surface area contributed by atoms with Gasteiger partial charge in [0.25, 0.3) is 0 Å². The third kappa shape index (κ3) is 2.18. The van der Waals surface area contributed by atoms with Crippen LogP contribution in [-0.2, 0) is 6.42 Å². The van der Waals surface area contributed by atoms with E-state index in [1.165, 1.54) is 5.69 Å². The Morgan fingerprint density at radius 1 is 1.05 bits per heavy atom. The molecule has 1 aliphatic heterocycles. The van der Waals surface area contributed by atoms with Crippen LogP contribution in [0, 0.1) is 0 Å². The van der Waals surface area contributed by atoms with E-state index in [0.717, 1.165) is 34.8 Å². The van der Waals surface area contributed by atoms with Crippen LogP contribution in [0.25, 0.3) is 0 Å². The van der Waals surface area contributed by atoms with Crippen LogP contribution in [-0.4, -0.2) is 11.7 Å². The summed E-state index contributed by atoms with van der Waals surface area (Å²) in [4.78, 5) is 2.34. The van der Waals surface area contributed by atoms with Crippen molar-refractivity contribution in [2.75, 3.05) is 11.4 Å². The summed E-state index contributed by atoms with van der Waals surface area (Å²) < 4.78 is 5.22. The lowest BCUT2D eigenvalue weighted by atomic mass is 9.93. The summed E-state index contributed by atoms with van der Waals surface area (Å²) in [6.45, 7) is 0.911. The van der Waals surface area contributed by atoms with Crippen molar-refractivity contribution in [2.24, 2.45) is 0 Å². The Morgan fingerprint density at radius 2 is 1.82 bits per heavy atom. The van der Waals surface area contributed by atoms with E-state index in [9.17, 15) is 0 Å². The van der Waals surface area contributed by atoms with Crippen molar-refractivity contribution in [3.63, 3.8) is 0 Å². The first kappa shape index (κ1) is 13.4. The number of hydrogen-bond donors (Lipinski definition) is 0. The van der Waals surface area contributed by atoms with Gasteiger partial charge in [-0.2, -0.15) is 0 Å². The maximum Gasteiger partial charge on any atom is 0.127 e. The van der Waals surface area contributed by atoms with E-state index in [4.69, 9.17) is 16.1 Å². The number of rotatable bonds is 2. The highest BCUT2D eigenvalue weighted by atomic mass is 35.5. The van der Waals surface area contributed by atoms with E-state index in [1.807, 2.05) is 24.3 Å². The Balaban J connectivity index is 1.87. The quantitative estimate of drug-likeness (QED) is 0.699. The summed E-state index contributed by atoms with van der Waals surface area (Å²) in [5.41, 5.74) is 4.35. The number of aromatic nitrogens is 1. The molecule has 3 nitrogen and oxygen atoms in total. The molecule has 22 heavy (non-hydrogen) atoms. The molecule has 0 amide bonds. The van der Waals surface area contributed by atoms with Gasteiger partial charge in [0, 0.05) is 22.8 Å². The van der Waals surface area contributed by atoms with Crippen LogP contribution in [0.15, 0.2) is 65.4 Å². The predicted molar refractivity (Wildman–Crippen MR) is 87.3 cm³/mol. The molecule has 0 saturated heterocycles. The number of benzene rings is 2. The molecule has 1 atom stereocenters. The minimum atomic E-state index is -0.0152. The molecular formula is C18H15ClN2O. The van der Waals surface area contributed by atoms with Crippen LogP contribution in [0.3, 0.4) is 0 Å². The van der Waals surface area contributed by atoms with E-state index in [0.29, 0.717) is 0 Å². The fourth-order valence-corrected chi connectivity index (χ4v) is 3.34. The van der Waals surface area contributed by atoms with Crippen LogP contribution >= 0.6 is 11.6 Å². The van der Waals surface area contributed by atoms with Gasteiger partial charge in [0.1, 0.15) is 18.0 Å². The fourth-order valence-electron chi connectivity index (χ4n) is 3.11. The smallest absolute Gasteiger partial charge is 0.127 e. The molecule has 2 aromatic carbocycles. The third-order valence-corrected chi connectivity index (χ3v) is 4.50. The topological polar surface area (TPSA) is 29.3 Å². The molecule has 1 aromatic heterocycles. The second-order valence-electron chi connectivity index (χ2n) is 5.43. The predicted octanol–water partition coefficient (Wildman–Crippen LogP) is 4.48. The Kier molecular flexibility index (Phi) is 3.35. The first-order valence-electron chi connectivity index (χ1n) is 7.34. The molecule has 0 bridgehead atoms. The first-order chi connectivity index (χ1) is 10.8. The monoisotopic (exact) mass is 310 g/mol. The third-order valence-electron chi connectivity index (χ3n) is 4.16. The maximum absolute atomic E-state index is 6.46. The highest BCUT2D eigenvalue weighted by Gasteiger charge is 2.33. The van der Waals surface area contributed by atoms with Gasteiger partial charge in [-0.05, 0) is 30.2 Å². The van der Waals surface area contributed by atoms with Gasteiger partial charge >= 0.3 is 0 Å². The molecular weight excluding hydrogens is 296 g/mol. The van der Waals surface area contributed by atoms with Crippen LogP contribution in [0.1, 0.15) is 22.9 Å². The average Bonchev–Trinajstić information content (AvgIpc) is 3.04. The summed E-state index contributed by atoms with van der Waals surface area (Å²) in [7, 11) is 0. The zero-order valence-electron chi connectivity index (χ0n) is 11.9. The Hall–Kier alpha value is -2.26. The molecule has 2 heterocycles. The van der Waals surface area contributed by atoms with Crippen molar-refractivity contribution in [3.05, 3.63) is 82.7 Å². The van der Waals surface area contributed by atoms with Gasteiger partial charge in [-0.15, -0.1) is 0 Å². The minimum absolute atomic E-state index is 0.0152. The van der Waals surface area contributed by atoms with Crippen molar-refractivity contribution in [1.29, 1.82) is 0 Å². The molecule has 110 valence electrons. The van der Waals surface area contributed by atoms with E-state index in [-0.39, 0.29) is 6.04 Å². The second kappa shape index (κ2) is 5.50. The molecule has 1 unspecified atom stereocenters. The van der Waals surface area contributed by atoms with Crippen molar-refractivity contribution >= 4 is 17.3 Å². The molecule has 0 spiro atoms. The molecule has 1 aliphatic rings. The summed E-state index contributed by atoms with van der Waals surface area (Å²) in [5, 5.41) is 5.01. The zero-order valence-corrected chi connectivity index (χ0v) is 12.7. The van der Waals surface area contributed by atoms with Gasteiger partial charge in [-0.3, -0.25) is 0 Å². The van der Waals surface area contributed by atoms with Crippen LogP contribution in [0.5, 0.6) is 0 Å². The molecule has 0 fully saturated rings. The maximum atomic E-state index is 6.46. The lowest BCUT2D eigenvalue weighted by molar-refractivity contribution is 0.408. The number of hydrogen-bond acceptors (Lipinski definition) is 3. The van der Waals surface area contributed by atoms with E-state index in [1.54, 1.807) is 6.26 Å². The van der Waals surface area contributed by atoms with Crippen LogP contribution < -0.4 is 4.90 Å². The van der Waals surface area contributed by atoms with Gasteiger partial charge in [0.15, 0.2) is 0 Å². The zero-order chi connectivity index (χ0) is 14.9. The molecule has 4 heteroatoms. The number of fused-ring (bicyclic) bond motifs is 1. The Labute approximate surface area is 134 Å². The van der Waals surface area contributed by atoms with Gasteiger partial charge in [0.05, 0.1) is 0 Å². The van der Waals surface area contributed by atoms with Gasteiger partial charge in [0.2, 0.25) is 0 Å². The normalized spacial score (nSPS) is 17.3. The lowest BCUT2D eigenvalue weighted by Crippen LogP contribution is -2.36. The van der Waals surface area contributed by atoms with Crippen LogP contribution in [0.2, 0.25) is 5.02 Å². The summed E-state index contributed by atoms with van der Waals surface area (Å²) in [5.74, 6) is 0. The van der Waals surface area contributed by atoms with Crippen molar-refractivity contribution in [2.45, 2.75) is 12.5 Å². The highest BCUT2D eigenvalue weighted by Crippen LogP contribution is 2.39. The fraction of sp³-hybridized carbons (Fsp3) is 0.167. The standard InChI is InChI=1S/C18H15ClN2O/c19-16-9-5-4-8-15(16)18-17-13(12-22-20-17)10-11-21(18)14-6-2-1-3-7-14/h1-9,12,18H,10-11H2. The highest BCUT2D eigenvalue weighted by molar-refractivity contribution is 6.31. The summed E-state index contributed by atoms with van der Waals surface area (Å²) in [6.07, 6.45) is 2.68. The molecule has 3 aromatic rings. The number of anilines is 1. The van der Waals surface area contributed by atoms with Gasteiger partial charge in [-0.25, -0.2) is 0 Å². The molecule has 0 N–H and O–H groups in total. The SMILES string of the molecule is Clc1ccccc1C1c2nocc2CCN1c1ccccc1. The van der Waals surface area contributed by atoms with Crippen LogP contribution in [0.4, 0.5) is 5.69 Å². The number of para-hydroxylation sites is 1. The van der Waals surface area contributed by atoms with Crippen molar-refractivity contribution in [3.8, 4) is 0 Å². The second-order valence-corrected chi connectivity index (χ2v) is 5.84. The largest absolute Gasteiger partial charge is 0.364 e. The van der Waals surface area contributed by atoms with Crippen molar-refractivity contribution < 1.29 is 4.52 Å². The molecule has 4 rings (SSSR count). The molecule has 0 radical (unpaired) electrons. The van der Waals surface area contributed by atoms with E-state index >= 15 is 0 Å². The summed E-state index contributed by atoms with van der Waals surface area (Å²) >= 11 is 6.46. The summed E-state index contributed by atoms with van der Waals surface area (Å²) in [6, 6.07) is 18.3. The number of nitrogens with zero attached hydrogens (tertiary/aromatic N) is 2. The minimum Gasteiger partial charge on any atom is -0.364 e. The lowest BCUT2D eigenvalue weighted by Gasteiger charge is -2.37. The Morgan fingerprint density at radius 3 is 2.64 bits per heavy atom. The van der Waals surface area contributed by atoms with E-state index < -0.39 is 0 Å². The first-order valence-corrected chi connectivity index (χ1v) is 7.71. The molecule has 0 saturated carbocycles.